The van der Waals surface area contributed by atoms with E-state index in [1.54, 1.807) is 12.1 Å². The molecule has 3 nitrogen and oxygen atoms in total. The number of hydrogen-bond donors (Lipinski definition) is 2. The van der Waals surface area contributed by atoms with E-state index in [2.05, 4.69) is 21.2 Å². The van der Waals surface area contributed by atoms with Gasteiger partial charge < -0.3 is 10.4 Å². The number of carbonyl (C=O) groups is 1. The van der Waals surface area contributed by atoms with Gasteiger partial charge in [-0.3, -0.25) is 0 Å². The van der Waals surface area contributed by atoms with E-state index in [4.69, 9.17) is 5.11 Å². The quantitative estimate of drug-likeness (QED) is 0.853. The number of aromatic carboxylic acids is 1. The van der Waals surface area contributed by atoms with Crippen molar-refractivity contribution >= 4 is 21.9 Å². The first-order valence-electron chi connectivity index (χ1n) is 3.81. The third kappa shape index (κ3) is 2.54. The Morgan fingerprint density at radius 2 is 2.31 bits per heavy atom. The minimum Gasteiger partial charge on any atom is -0.478 e. The minimum atomic E-state index is -0.912. The van der Waals surface area contributed by atoms with Gasteiger partial charge in [-0.25, -0.2) is 4.79 Å². The second-order valence-electron chi connectivity index (χ2n) is 2.65. The zero-order chi connectivity index (χ0) is 9.84. The topological polar surface area (TPSA) is 49.3 Å². The van der Waals surface area contributed by atoms with Crippen molar-refractivity contribution in [3.05, 3.63) is 33.8 Å². The van der Waals surface area contributed by atoms with E-state index in [1.165, 1.54) is 0 Å². The maximum Gasteiger partial charge on any atom is 0.336 e. The van der Waals surface area contributed by atoms with E-state index in [0.717, 1.165) is 5.56 Å². The van der Waals surface area contributed by atoms with Gasteiger partial charge in [0.05, 0.1) is 5.56 Å². The van der Waals surface area contributed by atoms with Gasteiger partial charge in [-0.2, -0.15) is 0 Å². The van der Waals surface area contributed by atoms with Crippen LogP contribution in [-0.2, 0) is 6.54 Å². The Labute approximate surface area is 84.9 Å². The first-order valence-corrected chi connectivity index (χ1v) is 4.60. The number of halogens is 1. The fourth-order valence-corrected chi connectivity index (χ4v) is 1.47. The van der Waals surface area contributed by atoms with Crippen molar-refractivity contribution in [2.75, 3.05) is 7.05 Å². The zero-order valence-electron chi connectivity index (χ0n) is 7.17. The van der Waals surface area contributed by atoms with Crippen LogP contribution < -0.4 is 5.32 Å². The highest BCUT2D eigenvalue weighted by molar-refractivity contribution is 9.10. The van der Waals surface area contributed by atoms with E-state index in [0.29, 0.717) is 16.6 Å². The van der Waals surface area contributed by atoms with Crippen molar-refractivity contribution in [3.8, 4) is 0 Å². The van der Waals surface area contributed by atoms with Crippen LogP contribution in [0.4, 0.5) is 0 Å². The zero-order valence-corrected chi connectivity index (χ0v) is 8.76. The summed E-state index contributed by atoms with van der Waals surface area (Å²) in [5, 5.41) is 11.8. The van der Waals surface area contributed by atoms with Crippen molar-refractivity contribution in [1.82, 2.24) is 5.32 Å². The molecule has 0 bridgehead atoms. The summed E-state index contributed by atoms with van der Waals surface area (Å²) in [7, 11) is 1.82. The molecule has 0 fully saturated rings. The Balaban J connectivity index is 3.04. The maximum atomic E-state index is 10.7. The number of carboxylic acid groups (broad SMARTS) is 1. The Hall–Kier alpha value is -0.870. The molecule has 13 heavy (non-hydrogen) atoms. The van der Waals surface area contributed by atoms with Crippen LogP contribution in [0, 0.1) is 0 Å². The molecule has 0 saturated carbocycles. The van der Waals surface area contributed by atoms with E-state index in [-0.39, 0.29) is 0 Å². The van der Waals surface area contributed by atoms with Crippen LogP contribution in [0.1, 0.15) is 15.9 Å². The predicted octanol–water partition coefficient (Wildman–Crippen LogP) is 1.87. The Morgan fingerprint density at radius 3 is 2.85 bits per heavy atom. The van der Waals surface area contributed by atoms with Crippen LogP contribution >= 0.6 is 15.9 Å². The lowest BCUT2D eigenvalue weighted by molar-refractivity contribution is 0.0696. The van der Waals surface area contributed by atoms with Gasteiger partial charge >= 0.3 is 5.97 Å². The van der Waals surface area contributed by atoms with Crippen molar-refractivity contribution < 1.29 is 9.90 Å². The molecule has 0 unspecified atom stereocenters. The van der Waals surface area contributed by atoms with E-state index >= 15 is 0 Å². The van der Waals surface area contributed by atoms with Gasteiger partial charge in [-0.05, 0) is 40.7 Å². The molecule has 0 aliphatic carbocycles. The lowest BCUT2D eigenvalue weighted by atomic mass is 10.1. The number of rotatable bonds is 3. The summed E-state index contributed by atoms with van der Waals surface area (Å²) in [4.78, 5) is 10.7. The van der Waals surface area contributed by atoms with E-state index < -0.39 is 5.97 Å². The van der Waals surface area contributed by atoms with Crippen LogP contribution in [0.15, 0.2) is 22.7 Å². The fraction of sp³-hybridized carbons (Fsp3) is 0.222. The number of benzene rings is 1. The third-order valence-corrected chi connectivity index (χ3v) is 2.33. The average Bonchev–Trinajstić information content (AvgIpc) is 2.08. The van der Waals surface area contributed by atoms with Crippen LogP contribution in [-0.4, -0.2) is 18.1 Å². The Morgan fingerprint density at radius 1 is 1.62 bits per heavy atom. The summed E-state index contributed by atoms with van der Waals surface area (Å²) in [5.74, 6) is -0.912. The highest BCUT2D eigenvalue weighted by Gasteiger charge is 2.08. The monoisotopic (exact) mass is 243 g/mol. The Kier molecular flexibility index (Phi) is 3.45. The molecule has 0 aliphatic heterocycles. The lowest BCUT2D eigenvalue weighted by Crippen LogP contribution is -2.06. The SMILES string of the molecule is CNCc1ccc(Br)c(C(=O)O)c1. The molecule has 1 aromatic carbocycles. The minimum absolute atomic E-state index is 0.299. The molecule has 0 spiro atoms. The fourth-order valence-electron chi connectivity index (χ4n) is 1.05. The predicted molar refractivity (Wildman–Crippen MR) is 53.9 cm³/mol. The van der Waals surface area contributed by atoms with Gasteiger partial charge in [0.15, 0.2) is 0 Å². The summed E-state index contributed by atoms with van der Waals surface area (Å²) in [6, 6.07) is 5.28. The van der Waals surface area contributed by atoms with Crippen LogP contribution in [0.25, 0.3) is 0 Å². The summed E-state index contributed by atoms with van der Waals surface area (Å²) < 4.78 is 0.611. The molecule has 70 valence electrons. The molecule has 1 rings (SSSR count). The molecule has 0 aromatic heterocycles. The number of carboxylic acids is 1. The standard InChI is InChI=1S/C9H10BrNO2/c1-11-5-6-2-3-8(10)7(4-6)9(12)13/h2-4,11H,5H2,1H3,(H,12,13). The molecule has 0 atom stereocenters. The van der Waals surface area contributed by atoms with Gasteiger partial charge in [0, 0.05) is 11.0 Å². The second kappa shape index (κ2) is 4.39. The molecule has 0 amide bonds. The van der Waals surface area contributed by atoms with Gasteiger partial charge in [0.2, 0.25) is 0 Å². The van der Waals surface area contributed by atoms with Gasteiger partial charge in [-0.15, -0.1) is 0 Å². The van der Waals surface area contributed by atoms with Crippen LogP contribution in [0.5, 0.6) is 0 Å². The summed E-state index contributed by atoms with van der Waals surface area (Å²) in [6.07, 6.45) is 0. The molecular weight excluding hydrogens is 234 g/mol. The molecule has 2 N–H and O–H groups in total. The first-order chi connectivity index (χ1) is 6.15. The van der Waals surface area contributed by atoms with Crippen LogP contribution in [0.3, 0.4) is 0 Å². The highest BCUT2D eigenvalue weighted by Crippen LogP contribution is 2.18. The summed E-state index contributed by atoms with van der Waals surface area (Å²) in [6.45, 7) is 0.674. The largest absolute Gasteiger partial charge is 0.478 e. The normalized spacial score (nSPS) is 10.0. The van der Waals surface area contributed by atoms with Gasteiger partial charge in [-0.1, -0.05) is 6.07 Å². The summed E-state index contributed by atoms with van der Waals surface area (Å²) >= 11 is 3.18. The maximum absolute atomic E-state index is 10.7. The molecular formula is C9H10BrNO2. The third-order valence-electron chi connectivity index (χ3n) is 1.64. The van der Waals surface area contributed by atoms with E-state index in [1.807, 2.05) is 13.1 Å². The molecule has 0 heterocycles. The molecule has 0 radical (unpaired) electrons. The van der Waals surface area contributed by atoms with Crippen molar-refractivity contribution in [2.45, 2.75) is 6.54 Å². The lowest BCUT2D eigenvalue weighted by Gasteiger charge is -2.03. The number of hydrogen-bond acceptors (Lipinski definition) is 2. The summed E-state index contributed by atoms with van der Waals surface area (Å²) in [5.41, 5.74) is 1.26. The Bertz CT molecular complexity index is 325. The second-order valence-corrected chi connectivity index (χ2v) is 3.50. The van der Waals surface area contributed by atoms with E-state index in [9.17, 15) is 4.79 Å². The van der Waals surface area contributed by atoms with Crippen LogP contribution in [0.2, 0.25) is 0 Å². The highest BCUT2D eigenvalue weighted by atomic mass is 79.9. The van der Waals surface area contributed by atoms with Gasteiger partial charge in [0.25, 0.3) is 0 Å². The van der Waals surface area contributed by atoms with Crippen molar-refractivity contribution in [2.24, 2.45) is 0 Å². The van der Waals surface area contributed by atoms with Gasteiger partial charge in [0.1, 0.15) is 0 Å². The smallest absolute Gasteiger partial charge is 0.336 e. The van der Waals surface area contributed by atoms with Crippen molar-refractivity contribution in [1.29, 1.82) is 0 Å². The van der Waals surface area contributed by atoms with Crippen molar-refractivity contribution in [3.63, 3.8) is 0 Å². The first kappa shape index (κ1) is 10.2. The molecule has 1 aromatic rings. The number of nitrogens with one attached hydrogen (secondary N) is 1. The average molecular weight is 244 g/mol. The molecule has 0 aliphatic rings. The molecule has 0 saturated heterocycles. The molecule has 4 heteroatoms.